The van der Waals surface area contributed by atoms with Crippen molar-refractivity contribution in [1.82, 2.24) is 9.55 Å². The minimum absolute atomic E-state index is 0.0131. The maximum absolute atomic E-state index is 12.2. The highest BCUT2D eigenvalue weighted by Crippen LogP contribution is 2.33. The van der Waals surface area contributed by atoms with Crippen molar-refractivity contribution in [2.75, 3.05) is 17.2 Å². The average Bonchev–Trinajstić information content (AvgIpc) is 2.94. The molecule has 2 aromatic heterocycles. The van der Waals surface area contributed by atoms with Crippen LogP contribution in [0.15, 0.2) is 41.5 Å². The second kappa shape index (κ2) is 5.01. The number of benzene rings is 1. The van der Waals surface area contributed by atoms with Gasteiger partial charge in [0.1, 0.15) is 5.52 Å². The van der Waals surface area contributed by atoms with E-state index >= 15 is 0 Å². The third kappa shape index (κ3) is 2.19. The third-order valence-electron chi connectivity index (χ3n) is 4.17. The van der Waals surface area contributed by atoms with Crippen molar-refractivity contribution < 1.29 is 4.79 Å². The fraction of sp³-hybridized carbons (Fsp3) is 0.176. The molecule has 6 nitrogen and oxygen atoms in total. The molecule has 3 aromatic rings. The molecular weight excluding hydrogens is 292 g/mol. The lowest BCUT2D eigenvalue weighted by molar-refractivity contribution is -0.115. The van der Waals surface area contributed by atoms with Crippen molar-refractivity contribution in [2.24, 2.45) is 7.05 Å². The Hall–Kier alpha value is -3.02. The highest BCUT2D eigenvalue weighted by molar-refractivity contribution is 5.99. The molecule has 1 aliphatic rings. The average molecular weight is 308 g/mol. The summed E-state index contributed by atoms with van der Waals surface area (Å²) >= 11 is 0. The van der Waals surface area contributed by atoms with Crippen LogP contribution >= 0.6 is 0 Å². The minimum Gasteiger partial charge on any atom is -0.383 e. The van der Waals surface area contributed by atoms with E-state index in [1.54, 1.807) is 17.8 Å². The number of aryl methyl sites for hydroxylation is 1. The number of carbonyl (C=O) groups excluding carboxylic acids is 1. The smallest absolute Gasteiger partial charge is 0.274 e. The summed E-state index contributed by atoms with van der Waals surface area (Å²) in [6, 6.07) is 7.77. The molecule has 1 aromatic carbocycles. The number of hydrogen-bond donors (Lipinski definition) is 3. The Morgan fingerprint density at radius 2 is 2.00 bits per heavy atom. The molecule has 116 valence electrons. The van der Waals surface area contributed by atoms with Crippen molar-refractivity contribution >= 4 is 28.2 Å². The normalized spacial score (nSPS) is 14.0. The second-order valence-electron chi connectivity index (χ2n) is 5.71. The molecule has 0 fully saturated rings. The van der Waals surface area contributed by atoms with Gasteiger partial charge < -0.3 is 20.2 Å². The Labute approximate surface area is 132 Å². The number of H-pyrrole nitrogens is 1. The van der Waals surface area contributed by atoms with Crippen LogP contribution in [0.25, 0.3) is 22.0 Å². The monoisotopic (exact) mass is 308 g/mol. The molecule has 0 unspecified atom stereocenters. The lowest BCUT2D eigenvalue weighted by Crippen LogP contribution is -2.16. The van der Waals surface area contributed by atoms with Gasteiger partial charge in [0.05, 0.1) is 11.4 Å². The maximum atomic E-state index is 12.2. The molecule has 23 heavy (non-hydrogen) atoms. The first-order chi connectivity index (χ1) is 11.1. The van der Waals surface area contributed by atoms with Gasteiger partial charge in [-0.25, -0.2) is 0 Å². The van der Waals surface area contributed by atoms with Gasteiger partial charge in [-0.05, 0) is 23.8 Å². The zero-order chi connectivity index (χ0) is 16.0. The molecule has 0 radical (unpaired) electrons. The summed E-state index contributed by atoms with van der Waals surface area (Å²) in [5.74, 6) is 0.0131. The largest absolute Gasteiger partial charge is 0.383 e. The Kier molecular flexibility index (Phi) is 2.97. The van der Waals surface area contributed by atoms with E-state index in [4.69, 9.17) is 0 Å². The first-order valence-electron chi connectivity index (χ1n) is 7.48. The fourth-order valence-corrected chi connectivity index (χ4v) is 2.99. The molecule has 0 atom stereocenters. The van der Waals surface area contributed by atoms with E-state index in [1.165, 1.54) is 0 Å². The minimum atomic E-state index is -0.0473. The Balaban J connectivity index is 1.91. The highest BCUT2D eigenvalue weighted by Gasteiger charge is 2.15. The van der Waals surface area contributed by atoms with Crippen LogP contribution in [0.1, 0.15) is 6.42 Å². The van der Waals surface area contributed by atoms with Crippen LogP contribution in [0.5, 0.6) is 0 Å². The van der Waals surface area contributed by atoms with Gasteiger partial charge in [-0.3, -0.25) is 9.59 Å². The van der Waals surface area contributed by atoms with E-state index < -0.39 is 0 Å². The summed E-state index contributed by atoms with van der Waals surface area (Å²) in [5, 5.41) is 7.06. The summed E-state index contributed by atoms with van der Waals surface area (Å²) in [6.07, 6.45) is 4.07. The number of pyridine rings is 1. The number of fused-ring (bicyclic) bond motifs is 2. The quantitative estimate of drug-likeness (QED) is 0.645. The van der Waals surface area contributed by atoms with Crippen molar-refractivity contribution in [1.29, 1.82) is 0 Å². The molecular formula is C17H16N4O2. The van der Waals surface area contributed by atoms with E-state index in [-0.39, 0.29) is 11.5 Å². The zero-order valence-corrected chi connectivity index (χ0v) is 12.6. The number of nitrogens with one attached hydrogen (secondary N) is 3. The van der Waals surface area contributed by atoms with Crippen molar-refractivity contribution in [3.8, 4) is 11.1 Å². The van der Waals surface area contributed by atoms with Gasteiger partial charge in [0, 0.05) is 43.4 Å². The van der Waals surface area contributed by atoms with Gasteiger partial charge in [0.25, 0.3) is 5.56 Å². The van der Waals surface area contributed by atoms with E-state index in [0.29, 0.717) is 18.5 Å². The predicted molar refractivity (Wildman–Crippen MR) is 90.7 cm³/mol. The summed E-state index contributed by atoms with van der Waals surface area (Å²) in [7, 11) is 1.74. The highest BCUT2D eigenvalue weighted by atomic mass is 16.1. The number of carbonyl (C=O) groups is 1. The number of aromatic amines is 1. The summed E-state index contributed by atoms with van der Waals surface area (Å²) in [6.45, 7) is 0.606. The van der Waals surface area contributed by atoms with Crippen LogP contribution in [0, 0.1) is 0 Å². The van der Waals surface area contributed by atoms with E-state index in [1.807, 2.05) is 30.5 Å². The van der Waals surface area contributed by atoms with Crippen molar-refractivity contribution in [3.05, 3.63) is 47.0 Å². The number of aromatic nitrogens is 2. The Bertz CT molecular complexity index is 984. The van der Waals surface area contributed by atoms with E-state index in [2.05, 4.69) is 15.6 Å². The lowest BCUT2D eigenvalue weighted by Gasteiger charge is -2.12. The molecule has 3 N–H and O–H groups in total. The number of anilines is 2. The number of hydrogen-bond acceptors (Lipinski definition) is 3. The molecule has 3 heterocycles. The SMILES string of the molecule is Cn1cc(-c2ccc3c(c2)NCCC(=O)N3)c2cc[nH]c2c1=O. The topological polar surface area (TPSA) is 78.9 Å². The number of nitrogens with zero attached hydrogens (tertiary/aromatic N) is 1. The van der Waals surface area contributed by atoms with Crippen LogP contribution in [0.3, 0.4) is 0 Å². The lowest BCUT2D eigenvalue weighted by atomic mass is 10.0. The maximum Gasteiger partial charge on any atom is 0.274 e. The van der Waals surface area contributed by atoms with Crippen LogP contribution in [0.2, 0.25) is 0 Å². The molecule has 0 aliphatic carbocycles. The predicted octanol–water partition coefficient (Wildman–Crippen LogP) is 2.29. The number of amides is 1. The van der Waals surface area contributed by atoms with Crippen LogP contribution in [0.4, 0.5) is 11.4 Å². The van der Waals surface area contributed by atoms with E-state index in [0.717, 1.165) is 27.9 Å². The first-order valence-corrected chi connectivity index (χ1v) is 7.48. The zero-order valence-electron chi connectivity index (χ0n) is 12.6. The molecule has 0 bridgehead atoms. The molecule has 1 amide bonds. The second-order valence-corrected chi connectivity index (χ2v) is 5.71. The third-order valence-corrected chi connectivity index (χ3v) is 4.17. The molecule has 4 rings (SSSR count). The molecule has 0 saturated heterocycles. The standard InChI is InChI=1S/C17H16N4O2/c1-21-9-12(11-4-6-19-16(11)17(21)23)10-2-3-13-14(8-10)18-7-5-15(22)20-13/h2-4,6,8-9,18-19H,5,7H2,1H3,(H,20,22). The van der Waals surface area contributed by atoms with Gasteiger partial charge >= 0.3 is 0 Å². The molecule has 6 heteroatoms. The van der Waals surface area contributed by atoms with Gasteiger partial charge in [-0.1, -0.05) is 6.07 Å². The van der Waals surface area contributed by atoms with Crippen LogP contribution < -0.4 is 16.2 Å². The van der Waals surface area contributed by atoms with Gasteiger partial charge in [0.2, 0.25) is 5.91 Å². The van der Waals surface area contributed by atoms with Gasteiger partial charge in [0.15, 0.2) is 0 Å². The summed E-state index contributed by atoms with van der Waals surface area (Å²) in [4.78, 5) is 26.8. The fourth-order valence-electron chi connectivity index (χ4n) is 2.99. The van der Waals surface area contributed by atoms with Crippen LogP contribution in [-0.4, -0.2) is 22.0 Å². The summed E-state index contributed by atoms with van der Waals surface area (Å²) in [5.41, 5.74) is 4.20. The molecule has 1 aliphatic heterocycles. The van der Waals surface area contributed by atoms with Crippen molar-refractivity contribution in [3.63, 3.8) is 0 Å². The van der Waals surface area contributed by atoms with Crippen LogP contribution in [-0.2, 0) is 11.8 Å². The number of rotatable bonds is 1. The van der Waals surface area contributed by atoms with E-state index in [9.17, 15) is 9.59 Å². The Morgan fingerprint density at radius 1 is 1.13 bits per heavy atom. The summed E-state index contributed by atoms with van der Waals surface area (Å²) < 4.78 is 1.58. The van der Waals surface area contributed by atoms with Crippen molar-refractivity contribution in [2.45, 2.75) is 6.42 Å². The van der Waals surface area contributed by atoms with Gasteiger partial charge in [-0.2, -0.15) is 0 Å². The molecule has 0 saturated carbocycles. The first kappa shape index (κ1) is 13.6. The Morgan fingerprint density at radius 3 is 2.87 bits per heavy atom. The van der Waals surface area contributed by atoms with Gasteiger partial charge in [-0.15, -0.1) is 0 Å². The molecule has 0 spiro atoms.